The maximum absolute atomic E-state index is 11.5. The van der Waals surface area contributed by atoms with E-state index >= 15 is 0 Å². The lowest BCUT2D eigenvalue weighted by molar-refractivity contribution is -0.130. The second-order valence-corrected chi connectivity index (χ2v) is 3.86. The summed E-state index contributed by atoms with van der Waals surface area (Å²) in [4.78, 5) is 11.5. The molecule has 1 amide bonds. The van der Waals surface area contributed by atoms with Crippen molar-refractivity contribution in [3.63, 3.8) is 0 Å². The van der Waals surface area contributed by atoms with E-state index in [0.29, 0.717) is 12.0 Å². The molecule has 0 heterocycles. The van der Waals surface area contributed by atoms with E-state index in [1.165, 1.54) is 20.0 Å². The van der Waals surface area contributed by atoms with Crippen LogP contribution >= 0.6 is 0 Å². The molecular formula is C10H20N2O2. The number of methoxy groups -OCH3 is 1. The first kappa shape index (κ1) is 11.5. The SMILES string of the molecule is CCCC1CC1NC(=O)C(CN)OC. The van der Waals surface area contributed by atoms with Gasteiger partial charge in [0.05, 0.1) is 0 Å². The van der Waals surface area contributed by atoms with E-state index in [1.54, 1.807) is 0 Å². The van der Waals surface area contributed by atoms with Crippen molar-refractivity contribution in [2.24, 2.45) is 11.7 Å². The van der Waals surface area contributed by atoms with Gasteiger partial charge >= 0.3 is 0 Å². The molecule has 4 nitrogen and oxygen atoms in total. The summed E-state index contributed by atoms with van der Waals surface area (Å²) in [5.41, 5.74) is 5.39. The Morgan fingerprint density at radius 2 is 2.43 bits per heavy atom. The van der Waals surface area contributed by atoms with Crippen molar-refractivity contribution in [2.75, 3.05) is 13.7 Å². The third-order valence-corrected chi connectivity index (χ3v) is 2.70. The topological polar surface area (TPSA) is 64.4 Å². The van der Waals surface area contributed by atoms with Crippen molar-refractivity contribution in [3.05, 3.63) is 0 Å². The fourth-order valence-corrected chi connectivity index (χ4v) is 1.70. The van der Waals surface area contributed by atoms with E-state index < -0.39 is 6.10 Å². The highest BCUT2D eigenvalue weighted by Gasteiger charge is 2.38. The minimum atomic E-state index is -0.488. The molecule has 0 saturated heterocycles. The molecule has 1 rings (SSSR count). The summed E-state index contributed by atoms with van der Waals surface area (Å²) in [6.45, 7) is 2.41. The lowest BCUT2D eigenvalue weighted by Gasteiger charge is -2.12. The van der Waals surface area contributed by atoms with Gasteiger partial charge < -0.3 is 15.8 Å². The highest BCUT2D eigenvalue weighted by Crippen LogP contribution is 2.34. The smallest absolute Gasteiger partial charge is 0.250 e. The second kappa shape index (κ2) is 5.32. The van der Waals surface area contributed by atoms with Crippen molar-refractivity contribution in [1.82, 2.24) is 5.32 Å². The molecule has 0 radical (unpaired) electrons. The number of carbonyl (C=O) groups excluding carboxylic acids is 1. The molecule has 0 aromatic rings. The zero-order chi connectivity index (χ0) is 10.6. The summed E-state index contributed by atoms with van der Waals surface area (Å²) in [5, 5.41) is 2.95. The molecule has 82 valence electrons. The fraction of sp³-hybridized carbons (Fsp3) is 0.900. The summed E-state index contributed by atoms with van der Waals surface area (Å²) in [5.74, 6) is 0.609. The molecule has 1 aliphatic rings. The van der Waals surface area contributed by atoms with E-state index in [-0.39, 0.29) is 12.5 Å². The number of nitrogens with one attached hydrogen (secondary N) is 1. The molecule has 0 aliphatic heterocycles. The van der Waals surface area contributed by atoms with Gasteiger partial charge in [0.2, 0.25) is 0 Å². The van der Waals surface area contributed by atoms with Crippen molar-refractivity contribution in [2.45, 2.75) is 38.3 Å². The Balaban J connectivity index is 2.22. The van der Waals surface area contributed by atoms with Crippen LogP contribution in [-0.2, 0) is 9.53 Å². The Hall–Kier alpha value is -0.610. The van der Waals surface area contributed by atoms with E-state index in [9.17, 15) is 4.79 Å². The van der Waals surface area contributed by atoms with Crippen molar-refractivity contribution >= 4 is 5.91 Å². The third kappa shape index (κ3) is 2.96. The molecule has 1 fully saturated rings. The molecule has 3 N–H and O–H groups in total. The lowest BCUT2D eigenvalue weighted by Crippen LogP contribution is -2.41. The lowest BCUT2D eigenvalue weighted by atomic mass is 10.2. The Morgan fingerprint density at radius 1 is 1.71 bits per heavy atom. The molecule has 1 aliphatic carbocycles. The first-order valence-electron chi connectivity index (χ1n) is 5.26. The average molecular weight is 200 g/mol. The van der Waals surface area contributed by atoms with Crippen LogP contribution in [0, 0.1) is 5.92 Å². The molecule has 14 heavy (non-hydrogen) atoms. The Bertz CT molecular complexity index is 193. The third-order valence-electron chi connectivity index (χ3n) is 2.70. The minimum absolute atomic E-state index is 0.0707. The van der Waals surface area contributed by atoms with Gasteiger partial charge in [-0.05, 0) is 18.8 Å². The van der Waals surface area contributed by atoms with Gasteiger partial charge in [-0.2, -0.15) is 0 Å². The second-order valence-electron chi connectivity index (χ2n) is 3.86. The Labute approximate surface area is 85.2 Å². The summed E-state index contributed by atoms with van der Waals surface area (Å²) >= 11 is 0. The van der Waals surface area contributed by atoms with Crippen LogP contribution < -0.4 is 11.1 Å². The van der Waals surface area contributed by atoms with Crippen molar-refractivity contribution in [1.29, 1.82) is 0 Å². The predicted molar refractivity (Wildman–Crippen MR) is 54.8 cm³/mol. The molecule has 4 heteroatoms. The maximum Gasteiger partial charge on any atom is 0.250 e. The molecular weight excluding hydrogens is 180 g/mol. The van der Waals surface area contributed by atoms with E-state index in [0.717, 1.165) is 6.42 Å². The van der Waals surface area contributed by atoms with E-state index in [2.05, 4.69) is 12.2 Å². The zero-order valence-electron chi connectivity index (χ0n) is 8.95. The Kier molecular flexibility index (Phi) is 4.35. The maximum atomic E-state index is 11.5. The van der Waals surface area contributed by atoms with Crippen LogP contribution in [0.1, 0.15) is 26.2 Å². The van der Waals surface area contributed by atoms with Gasteiger partial charge in [-0.1, -0.05) is 13.3 Å². The first-order chi connectivity index (χ1) is 6.72. The van der Waals surface area contributed by atoms with Crippen LogP contribution in [0.5, 0.6) is 0 Å². The largest absolute Gasteiger partial charge is 0.370 e. The fourth-order valence-electron chi connectivity index (χ4n) is 1.70. The summed E-state index contributed by atoms with van der Waals surface area (Å²) in [6, 6.07) is 0.367. The number of hydrogen-bond donors (Lipinski definition) is 2. The highest BCUT2D eigenvalue weighted by molar-refractivity contribution is 5.81. The number of nitrogens with two attached hydrogens (primary N) is 1. The van der Waals surface area contributed by atoms with Gasteiger partial charge in [-0.25, -0.2) is 0 Å². The summed E-state index contributed by atoms with van der Waals surface area (Å²) < 4.78 is 4.95. The predicted octanol–water partition coefficient (Wildman–Crippen LogP) is 0.265. The molecule has 1 saturated carbocycles. The monoisotopic (exact) mass is 200 g/mol. The number of carbonyl (C=O) groups is 1. The quantitative estimate of drug-likeness (QED) is 0.646. The number of ether oxygens (including phenoxy) is 1. The Morgan fingerprint density at radius 3 is 2.93 bits per heavy atom. The van der Waals surface area contributed by atoms with Gasteiger partial charge in [0.25, 0.3) is 5.91 Å². The molecule has 3 unspecified atom stereocenters. The summed E-state index contributed by atoms with van der Waals surface area (Å²) in [6.07, 6.45) is 3.01. The van der Waals surface area contributed by atoms with Gasteiger partial charge in [0.15, 0.2) is 0 Å². The van der Waals surface area contributed by atoms with Gasteiger partial charge in [0.1, 0.15) is 6.10 Å². The molecule has 0 aromatic carbocycles. The van der Waals surface area contributed by atoms with E-state index in [4.69, 9.17) is 10.5 Å². The molecule has 0 spiro atoms. The zero-order valence-corrected chi connectivity index (χ0v) is 8.95. The van der Waals surface area contributed by atoms with Gasteiger partial charge in [0, 0.05) is 19.7 Å². The summed E-state index contributed by atoms with van der Waals surface area (Å²) in [7, 11) is 1.51. The van der Waals surface area contributed by atoms with Crippen LogP contribution in [0.3, 0.4) is 0 Å². The normalized spacial score (nSPS) is 27.1. The van der Waals surface area contributed by atoms with Crippen LogP contribution in [0.2, 0.25) is 0 Å². The van der Waals surface area contributed by atoms with Gasteiger partial charge in [-0.15, -0.1) is 0 Å². The van der Waals surface area contributed by atoms with Gasteiger partial charge in [-0.3, -0.25) is 4.79 Å². The molecule has 0 aromatic heterocycles. The number of amides is 1. The van der Waals surface area contributed by atoms with Crippen LogP contribution in [-0.4, -0.2) is 31.7 Å². The van der Waals surface area contributed by atoms with Crippen LogP contribution in [0.4, 0.5) is 0 Å². The van der Waals surface area contributed by atoms with Crippen molar-refractivity contribution in [3.8, 4) is 0 Å². The number of hydrogen-bond acceptors (Lipinski definition) is 3. The van der Waals surface area contributed by atoms with E-state index in [1.807, 2.05) is 0 Å². The highest BCUT2D eigenvalue weighted by atomic mass is 16.5. The van der Waals surface area contributed by atoms with Crippen LogP contribution in [0.15, 0.2) is 0 Å². The first-order valence-corrected chi connectivity index (χ1v) is 5.26. The average Bonchev–Trinajstić information content (AvgIpc) is 2.86. The molecule has 3 atom stereocenters. The van der Waals surface area contributed by atoms with Crippen molar-refractivity contribution < 1.29 is 9.53 Å². The molecule has 0 bridgehead atoms. The standard InChI is InChI=1S/C10H20N2O2/c1-3-4-7-5-8(7)12-10(13)9(6-11)14-2/h7-9H,3-6,11H2,1-2H3,(H,12,13). The minimum Gasteiger partial charge on any atom is -0.370 e. The number of rotatable bonds is 6. The van der Waals surface area contributed by atoms with Crippen LogP contribution in [0.25, 0.3) is 0 Å².